The molecule has 144 valence electrons. The number of rotatable bonds is 8. The van der Waals surface area contributed by atoms with Crippen molar-refractivity contribution < 1.29 is 13.9 Å². The van der Waals surface area contributed by atoms with Gasteiger partial charge in [0.05, 0.1) is 13.2 Å². The Balaban J connectivity index is 2.16. The van der Waals surface area contributed by atoms with Gasteiger partial charge in [-0.25, -0.2) is 9.18 Å². The lowest BCUT2D eigenvalue weighted by molar-refractivity contribution is 0.106. The highest BCUT2D eigenvalue weighted by Crippen LogP contribution is 2.28. The summed E-state index contributed by atoms with van der Waals surface area (Å²) in [7, 11) is 1.39. The molecular formula is C22H25BrFNO2. The summed E-state index contributed by atoms with van der Waals surface area (Å²) in [5.74, 6) is -0.0940. The number of ether oxygens (including phenoxy) is 1. The molecule has 0 N–H and O–H groups in total. The molecule has 2 aromatic rings. The Labute approximate surface area is 169 Å². The second-order valence-corrected chi connectivity index (χ2v) is 7.37. The van der Waals surface area contributed by atoms with Gasteiger partial charge < -0.3 is 9.64 Å². The van der Waals surface area contributed by atoms with Crippen LogP contribution in [0.25, 0.3) is 0 Å². The van der Waals surface area contributed by atoms with Crippen LogP contribution in [0.2, 0.25) is 0 Å². The van der Waals surface area contributed by atoms with Crippen LogP contribution >= 0.6 is 15.9 Å². The van der Waals surface area contributed by atoms with Crippen LogP contribution in [0.3, 0.4) is 0 Å². The lowest BCUT2D eigenvalue weighted by Crippen LogP contribution is -2.35. The van der Waals surface area contributed by atoms with Crippen molar-refractivity contribution in [1.82, 2.24) is 4.90 Å². The minimum Gasteiger partial charge on any atom is -0.453 e. The van der Waals surface area contributed by atoms with Gasteiger partial charge in [-0.2, -0.15) is 0 Å². The first-order chi connectivity index (χ1) is 13.0. The van der Waals surface area contributed by atoms with Gasteiger partial charge in [0.2, 0.25) is 0 Å². The summed E-state index contributed by atoms with van der Waals surface area (Å²) in [6.45, 7) is 6.34. The third-order valence-electron chi connectivity index (χ3n) is 4.74. The number of carbonyl (C=O) groups is 1. The molecule has 0 radical (unpaired) electrons. The average molecular weight is 434 g/mol. The van der Waals surface area contributed by atoms with Crippen LogP contribution in [0.1, 0.15) is 42.9 Å². The summed E-state index contributed by atoms with van der Waals surface area (Å²) >= 11 is 3.43. The molecule has 0 saturated heterocycles. The predicted octanol–water partition coefficient (Wildman–Crippen LogP) is 6.47. The Kier molecular flexibility index (Phi) is 8.04. The molecule has 0 aliphatic carbocycles. The van der Waals surface area contributed by atoms with E-state index in [2.05, 4.69) is 22.5 Å². The third-order valence-corrected chi connectivity index (χ3v) is 5.27. The predicted molar refractivity (Wildman–Crippen MR) is 110 cm³/mol. The minimum atomic E-state index is -0.359. The van der Waals surface area contributed by atoms with Gasteiger partial charge in [0.15, 0.2) is 0 Å². The number of hydrogen-bond acceptors (Lipinski definition) is 2. The van der Waals surface area contributed by atoms with E-state index in [1.54, 1.807) is 17.0 Å². The molecule has 1 amide bonds. The van der Waals surface area contributed by atoms with E-state index in [9.17, 15) is 9.18 Å². The molecule has 0 bridgehead atoms. The summed E-state index contributed by atoms with van der Waals surface area (Å²) in [4.78, 5) is 14.1. The normalized spacial score (nSPS) is 12.9. The Morgan fingerprint density at radius 1 is 1.19 bits per heavy atom. The van der Waals surface area contributed by atoms with Crippen LogP contribution in [0.5, 0.6) is 0 Å². The van der Waals surface area contributed by atoms with Gasteiger partial charge in [-0.3, -0.25) is 0 Å². The second kappa shape index (κ2) is 10.3. The third kappa shape index (κ3) is 5.93. The number of nitrogens with zero attached hydrogens (tertiary/aromatic N) is 1. The molecule has 2 aromatic carbocycles. The van der Waals surface area contributed by atoms with E-state index in [1.807, 2.05) is 37.3 Å². The maximum absolute atomic E-state index is 13.2. The first-order valence-electron chi connectivity index (χ1n) is 8.92. The maximum atomic E-state index is 13.2. The monoisotopic (exact) mass is 433 g/mol. The van der Waals surface area contributed by atoms with E-state index >= 15 is 0 Å². The summed E-state index contributed by atoms with van der Waals surface area (Å²) in [5.41, 5.74) is 2.07. The van der Waals surface area contributed by atoms with Crippen LogP contribution in [-0.4, -0.2) is 24.6 Å². The molecule has 0 spiro atoms. The number of carbonyl (C=O) groups excluding carboxylic acids is 1. The van der Waals surface area contributed by atoms with Gasteiger partial charge in [0, 0.05) is 11.0 Å². The zero-order chi connectivity index (χ0) is 19.8. The molecule has 0 heterocycles. The standard InChI is InChI=1S/C22H25BrFNO2/c1-4-5-18(19-8-12-21(24)13-9-19)14-15-25(22(26)27-3)16(2)17-6-10-20(23)11-7-17/h4,6-13,16,18H,1,5,14-15H2,2-3H3/t16-,18+/m0/s1. The zero-order valence-electron chi connectivity index (χ0n) is 15.7. The Hall–Kier alpha value is -2.14. The van der Waals surface area contributed by atoms with Crippen molar-refractivity contribution in [1.29, 1.82) is 0 Å². The molecule has 0 aliphatic rings. The van der Waals surface area contributed by atoms with Crippen molar-refractivity contribution in [3.8, 4) is 0 Å². The first-order valence-corrected chi connectivity index (χ1v) is 9.72. The number of methoxy groups -OCH3 is 1. The van der Waals surface area contributed by atoms with Crippen molar-refractivity contribution in [2.75, 3.05) is 13.7 Å². The topological polar surface area (TPSA) is 29.5 Å². The van der Waals surface area contributed by atoms with Crippen molar-refractivity contribution in [3.05, 3.63) is 82.6 Å². The van der Waals surface area contributed by atoms with Crippen molar-refractivity contribution in [2.45, 2.75) is 31.7 Å². The SMILES string of the molecule is C=CC[C@H](CCN(C(=O)OC)[C@@H](C)c1ccc(Br)cc1)c1ccc(F)cc1. The van der Waals surface area contributed by atoms with Gasteiger partial charge in [-0.1, -0.05) is 46.3 Å². The molecule has 0 aliphatic heterocycles. The van der Waals surface area contributed by atoms with Crippen molar-refractivity contribution in [3.63, 3.8) is 0 Å². The van der Waals surface area contributed by atoms with Crippen LogP contribution < -0.4 is 0 Å². The lowest BCUT2D eigenvalue weighted by Gasteiger charge is -2.30. The highest BCUT2D eigenvalue weighted by Gasteiger charge is 2.23. The lowest BCUT2D eigenvalue weighted by atomic mass is 9.92. The fraction of sp³-hybridized carbons (Fsp3) is 0.318. The summed E-state index contributed by atoms with van der Waals surface area (Å²) in [5, 5.41) is 0. The van der Waals surface area contributed by atoms with E-state index in [0.29, 0.717) is 6.54 Å². The highest BCUT2D eigenvalue weighted by atomic mass is 79.9. The molecule has 27 heavy (non-hydrogen) atoms. The molecule has 0 saturated carbocycles. The molecule has 3 nitrogen and oxygen atoms in total. The van der Waals surface area contributed by atoms with Crippen LogP contribution in [-0.2, 0) is 4.74 Å². The molecular weight excluding hydrogens is 409 g/mol. The van der Waals surface area contributed by atoms with Gasteiger partial charge >= 0.3 is 6.09 Å². The highest BCUT2D eigenvalue weighted by molar-refractivity contribution is 9.10. The molecule has 2 atom stereocenters. The molecule has 2 rings (SSSR count). The van der Waals surface area contributed by atoms with Gasteiger partial charge in [0.1, 0.15) is 5.82 Å². The Morgan fingerprint density at radius 3 is 2.33 bits per heavy atom. The number of halogens is 2. The fourth-order valence-corrected chi connectivity index (χ4v) is 3.40. The second-order valence-electron chi connectivity index (χ2n) is 6.45. The summed E-state index contributed by atoms with van der Waals surface area (Å²) < 4.78 is 19.2. The molecule has 0 aromatic heterocycles. The number of amides is 1. The molecule has 0 unspecified atom stereocenters. The fourth-order valence-electron chi connectivity index (χ4n) is 3.13. The van der Waals surface area contributed by atoms with Crippen molar-refractivity contribution in [2.24, 2.45) is 0 Å². The molecule has 5 heteroatoms. The Morgan fingerprint density at radius 2 is 1.78 bits per heavy atom. The number of hydrogen-bond donors (Lipinski definition) is 0. The van der Waals surface area contributed by atoms with E-state index in [1.165, 1.54) is 19.2 Å². The van der Waals surface area contributed by atoms with Crippen LogP contribution in [0.4, 0.5) is 9.18 Å². The van der Waals surface area contributed by atoms with Crippen molar-refractivity contribution >= 4 is 22.0 Å². The van der Waals surface area contributed by atoms with Crippen LogP contribution in [0, 0.1) is 5.82 Å². The number of allylic oxidation sites excluding steroid dienone is 1. The van der Waals surface area contributed by atoms with Gasteiger partial charge in [-0.05, 0) is 61.1 Å². The quantitative estimate of drug-likeness (QED) is 0.446. The van der Waals surface area contributed by atoms with E-state index in [0.717, 1.165) is 28.4 Å². The largest absolute Gasteiger partial charge is 0.453 e. The summed E-state index contributed by atoms with van der Waals surface area (Å²) in [6, 6.07) is 14.3. The van der Waals surface area contributed by atoms with Gasteiger partial charge in [-0.15, -0.1) is 6.58 Å². The van der Waals surface area contributed by atoms with E-state index in [4.69, 9.17) is 4.74 Å². The molecule has 0 fully saturated rings. The van der Waals surface area contributed by atoms with E-state index < -0.39 is 0 Å². The number of benzene rings is 2. The maximum Gasteiger partial charge on any atom is 0.409 e. The average Bonchev–Trinajstić information content (AvgIpc) is 2.68. The van der Waals surface area contributed by atoms with Gasteiger partial charge in [0.25, 0.3) is 0 Å². The smallest absolute Gasteiger partial charge is 0.409 e. The zero-order valence-corrected chi connectivity index (χ0v) is 17.3. The first kappa shape index (κ1) is 21.2. The van der Waals surface area contributed by atoms with Crippen LogP contribution in [0.15, 0.2) is 65.7 Å². The minimum absolute atomic E-state index is 0.122. The van der Waals surface area contributed by atoms with E-state index in [-0.39, 0.29) is 23.9 Å². The Bertz CT molecular complexity index is 746. The summed E-state index contributed by atoms with van der Waals surface area (Å²) in [6.07, 6.45) is 2.98.